The Hall–Kier alpha value is -0.780. The summed E-state index contributed by atoms with van der Waals surface area (Å²) in [5, 5.41) is 0. The van der Waals surface area contributed by atoms with Crippen molar-refractivity contribution in [2.75, 3.05) is 0 Å². The minimum Gasteiger partial charge on any atom is -0.0654 e. The molecule has 0 fully saturated rings. The smallest absolute Gasteiger partial charge is 0.0134 e. The van der Waals surface area contributed by atoms with Crippen LogP contribution in [0.3, 0.4) is 0 Å². The third-order valence-electron chi connectivity index (χ3n) is 4.50. The van der Waals surface area contributed by atoms with Gasteiger partial charge in [0.05, 0.1) is 0 Å². The molecule has 0 saturated carbocycles. The zero-order valence-corrected chi connectivity index (χ0v) is 13.9. The zero-order valence-electron chi connectivity index (χ0n) is 13.9. The van der Waals surface area contributed by atoms with E-state index in [2.05, 4.69) is 51.1 Å². The van der Waals surface area contributed by atoms with Gasteiger partial charge >= 0.3 is 0 Å². The highest BCUT2D eigenvalue weighted by Crippen LogP contribution is 2.36. The molecule has 0 aliphatic heterocycles. The van der Waals surface area contributed by atoms with Gasteiger partial charge in [-0.3, -0.25) is 0 Å². The first-order valence-electron chi connectivity index (χ1n) is 8.88. The van der Waals surface area contributed by atoms with E-state index in [0.717, 1.165) is 11.8 Å². The number of rotatable bonds is 11. The molecule has 1 aromatic carbocycles. The second-order valence-corrected chi connectivity index (χ2v) is 6.20. The monoisotopic (exact) mass is 274 g/mol. The third-order valence-corrected chi connectivity index (χ3v) is 4.50. The molecule has 0 nitrogen and oxygen atoms in total. The van der Waals surface area contributed by atoms with Crippen molar-refractivity contribution in [3.63, 3.8) is 0 Å². The maximum Gasteiger partial charge on any atom is -0.0134 e. The summed E-state index contributed by atoms with van der Waals surface area (Å²) in [6, 6.07) is 11.3. The molecule has 0 saturated heterocycles. The summed E-state index contributed by atoms with van der Waals surface area (Å²) < 4.78 is 0. The van der Waals surface area contributed by atoms with Crippen LogP contribution < -0.4 is 0 Å². The summed E-state index contributed by atoms with van der Waals surface area (Å²) in [4.78, 5) is 0. The van der Waals surface area contributed by atoms with Crippen LogP contribution in [0.15, 0.2) is 30.3 Å². The molecule has 0 amide bonds. The molecule has 0 spiro atoms. The van der Waals surface area contributed by atoms with E-state index in [1.165, 1.54) is 57.8 Å². The van der Waals surface area contributed by atoms with E-state index in [9.17, 15) is 0 Å². The normalized spacial score (nSPS) is 14.2. The quantitative estimate of drug-likeness (QED) is 0.383. The van der Waals surface area contributed by atoms with Gasteiger partial charge in [0, 0.05) is 0 Å². The Labute approximate surface area is 127 Å². The summed E-state index contributed by atoms with van der Waals surface area (Å²) in [7, 11) is 0. The lowest BCUT2D eigenvalue weighted by Gasteiger charge is -2.28. The summed E-state index contributed by atoms with van der Waals surface area (Å²) in [6.45, 7) is 6.96. The van der Waals surface area contributed by atoms with Crippen molar-refractivity contribution in [1.29, 1.82) is 0 Å². The average Bonchev–Trinajstić information content (AvgIpc) is 2.49. The van der Waals surface area contributed by atoms with Gasteiger partial charge in [-0.1, -0.05) is 96.0 Å². The van der Waals surface area contributed by atoms with E-state index in [4.69, 9.17) is 0 Å². The molecular weight excluding hydrogens is 240 g/mol. The van der Waals surface area contributed by atoms with Gasteiger partial charge in [0.15, 0.2) is 0 Å². The van der Waals surface area contributed by atoms with Crippen LogP contribution in [0, 0.1) is 5.92 Å². The Morgan fingerprint density at radius 3 is 2.00 bits per heavy atom. The second-order valence-electron chi connectivity index (χ2n) is 6.20. The Balaban J connectivity index is 2.76. The Morgan fingerprint density at radius 1 is 0.700 bits per heavy atom. The Bertz CT molecular complexity index is 314. The molecule has 2 unspecified atom stereocenters. The summed E-state index contributed by atoms with van der Waals surface area (Å²) in [5.74, 6) is 1.67. The van der Waals surface area contributed by atoms with Crippen molar-refractivity contribution < 1.29 is 0 Å². The molecule has 1 aromatic rings. The molecule has 20 heavy (non-hydrogen) atoms. The van der Waals surface area contributed by atoms with Crippen molar-refractivity contribution in [3.05, 3.63) is 35.9 Å². The largest absolute Gasteiger partial charge is 0.0654 e. The third kappa shape index (κ3) is 6.11. The van der Waals surface area contributed by atoms with Gasteiger partial charge in [0.25, 0.3) is 0 Å². The number of benzene rings is 1. The standard InChI is InChI=1S/C20H34/c1-4-7-10-17-20(19-15-11-9-12-16-19)18(13-6-3)14-8-5-2/h9,11-12,15-16,18,20H,4-8,10,13-14,17H2,1-3H3. The summed E-state index contributed by atoms with van der Waals surface area (Å²) in [5.41, 5.74) is 1.58. The molecule has 0 radical (unpaired) electrons. The topological polar surface area (TPSA) is 0 Å². The molecule has 0 bridgehead atoms. The molecule has 114 valence electrons. The SMILES string of the molecule is CCCCCC(c1ccccc1)C(CCC)CCCC. The molecule has 0 heterocycles. The number of hydrogen-bond donors (Lipinski definition) is 0. The lowest BCUT2D eigenvalue weighted by Crippen LogP contribution is -2.13. The average molecular weight is 274 g/mol. The van der Waals surface area contributed by atoms with E-state index >= 15 is 0 Å². The highest BCUT2D eigenvalue weighted by Gasteiger charge is 2.21. The fourth-order valence-electron chi connectivity index (χ4n) is 3.37. The minimum atomic E-state index is 0.786. The van der Waals surface area contributed by atoms with Gasteiger partial charge in [0.2, 0.25) is 0 Å². The van der Waals surface area contributed by atoms with Crippen LogP contribution >= 0.6 is 0 Å². The number of unbranched alkanes of at least 4 members (excludes halogenated alkanes) is 3. The van der Waals surface area contributed by atoms with Crippen molar-refractivity contribution in [3.8, 4) is 0 Å². The fourth-order valence-corrected chi connectivity index (χ4v) is 3.37. The van der Waals surface area contributed by atoms with Gasteiger partial charge in [0.1, 0.15) is 0 Å². The fraction of sp³-hybridized carbons (Fsp3) is 0.700. The molecular formula is C20H34. The summed E-state index contributed by atoms with van der Waals surface area (Å²) >= 11 is 0. The first-order chi connectivity index (χ1) is 9.83. The van der Waals surface area contributed by atoms with Gasteiger partial charge < -0.3 is 0 Å². The molecule has 2 atom stereocenters. The Kier molecular flexibility index (Phi) is 9.45. The maximum atomic E-state index is 2.35. The van der Waals surface area contributed by atoms with Crippen molar-refractivity contribution in [2.45, 2.75) is 84.5 Å². The lowest BCUT2D eigenvalue weighted by molar-refractivity contribution is 0.334. The molecule has 0 aliphatic carbocycles. The predicted octanol–water partition coefficient (Wildman–Crippen LogP) is 6.96. The molecule has 0 aliphatic rings. The zero-order chi connectivity index (χ0) is 14.6. The lowest BCUT2D eigenvalue weighted by atomic mass is 9.77. The van der Waals surface area contributed by atoms with E-state index < -0.39 is 0 Å². The van der Waals surface area contributed by atoms with Gasteiger partial charge in [-0.15, -0.1) is 0 Å². The van der Waals surface area contributed by atoms with Gasteiger partial charge in [-0.05, 0) is 30.2 Å². The van der Waals surface area contributed by atoms with Crippen molar-refractivity contribution >= 4 is 0 Å². The highest BCUT2D eigenvalue weighted by atomic mass is 14.3. The maximum absolute atomic E-state index is 2.35. The minimum absolute atomic E-state index is 0.786. The second kappa shape index (κ2) is 10.9. The van der Waals surface area contributed by atoms with Crippen LogP contribution in [0.2, 0.25) is 0 Å². The van der Waals surface area contributed by atoms with Crippen LogP contribution in [-0.4, -0.2) is 0 Å². The first-order valence-corrected chi connectivity index (χ1v) is 8.88. The van der Waals surface area contributed by atoms with E-state index in [0.29, 0.717) is 0 Å². The van der Waals surface area contributed by atoms with Crippen LogP contribution in [0.1, 0.15) is 90.0 Å². The van der Waals surface area contributed by atoms with Gasteiger partial charge in [-0.2, -0.15) is 0 Å². The molecule has 0 heteroatoms. The van der Waals surface area contributed by atoms with Crippen LogP contribution in [0.25, 0.3) is 0 Å². The molecule has 0 aromatic heterocycles. The van der Waals surface area contributed by atoms with Crippen molar-refractivity contribution in [1.82, 2.24) is 0 Å². The number of hydrogen-bond acceptors (Lipinski definition) is 0. The predicted molar refractivity (Wildman–Crippen MR) is 91.2 cm³/mol. The van der Waals surface area contributed by atoms with E-state index in [1.807, 2.05) is 0 Å². The highest BCUT2D eigenvalue weighted by molar-refractivity contribution is 5.20. The van der Waals surface area contributed by atoms with E-state index in [-0.39, 0.29) is 0 Å². The summed E-state index contributed by atoms with van der Waals surface area (Å²) in [6.07, 6.45) is 12.3. The van der Waals surface area contributed by atoms with Crippen LogP contribution in [-0.2, 0) is 0 Å². The van der Waals surface area contributed by atoms with Crippen molar-refractivity contribution in [2.24, 2.45) is 5.92 Å². The first kappa shape index (κ1) is 17.3. The van der Waals surface area contributed by atoms with Crippen LogP contribution in [0.5, 0.6) is 0 Å². The van der Waals surface area contributed by atoms with Crippen LogP contribution in [0.4, 0.5) is 0 Å². The van der Waals surface area contributed by atoms with E-state index in [1.54, 1.807) is 5.56 Å². The molecule has 1 rings (SSSR count). The van der Waals surface area contributed by atoms with Gasteiger partial charge in [-0.25, -0.2) is 0 Å². The Morgan fingerprint density at radius 2 is 1.40 bits per heavy atom. The molecule has 0 N–H and O–H groups in total.